The number of piperidine rings is 1. The van der Waals surface area contributed by atoms with E-state index in [9.17, 15) is 13.2 Å². The summed E-state index contributed by atoms with van der Waals surface area (Å²) in [7, 11) is 0. The number of rotatable bonds is 3. The molecule has 2 fully saturated rings. The third-order valence-electron chi connectivity index (χ3n) is 5.08. The van der Waals surface area contributed by atoms with Crippen LogP contribution < -0.4 is 10.1 Å². The summed E-state index contributed by atoms with van der Waals surface area (Å²) in [5, 5.41) is 3.42. The van der Waals surface area contributed by atoms with Crippen LogP contribution in [-0.4, -0.2) is 42.4 Å². The number of nitrogens with one attached hydrogen (secondary N) is 1. The van der Waals surface area contributed by atoms with Crippen molar-refractivity contribution >= 4 is 24.0 Å². The van der Waals surface area contributed by atoms with E-state index in [1.807, 2.05) is 12.3 Å². The highest BCUT2D eigenvalue weighted by atomic mass is 35.5. The highest BCUT2D eigenvalue weighted by Gasteiger charge is 2.30. The molecule has 0 radical (unpaired) electrons. The molecule has 4 heterocycles. The maximum Gasteiger partial charge on any atom is 0.417 e. The third kappa shape index (κ3) is 8.11. The minimum atomic E-state index is -4.34. The molecule has 2 saturated heterocycles. The van der Waals surface area contributed by atoms with E-state index in [1.165, 1.54) is 5.56 Å². The lowest BCUT2D eigenvalue weighted by Gasteiger charge is -2.27. The Kier molecular flexibility index (Phi) is 10.3. The van der Waals surface area contributed by atoms with Gasteiger partial charge in [0.15, 0.2) is 0 Å². The van der Waals surface area contributed by atoms with Gasteiger partial charge in [-0.25, -0.2) is 9.97 Å². The van der Waals surface area contributed by atoms with E-state index < -0.39 is 11.7 Å². The van der Waals surface area contributed by atoms with Gasteiger partial charge in [0.05, 0.1) is 5.56 Å². The predicted molar refractivity (Wildman–Crippen MR) is 115 cm³/mol. The van der Waals surface area contributed by atoms with Crippen LogP contribution in [0.1, 0.15) is 42.7 Å². The van der Waals surface area contributed by atoms with Crippen LogP contribution in [0, 0.1) is 0 Å². The SMILES string of the molecule is Cl.FC(F)(F)c1ccc(Cl)nc1.c1cnc(OC2CCNCC2)c(C2CCOCC2)c1. The second-order valence-corrected chi connectivity index (χ2v) is 7.61. The number of ether oxygens (including phenoxy) is 2. The average Bonchev–Trinajstić information content (AvgIpc) is 2.76. The van der Waals surface area contributed by atoms with Crippen molar-refractivity contribution < 1.29 is 22.6 Å². The van der Waals surface area contributed by atoms with Crippen molar-refractivity contribution in [1.29, 1.82) is 0 Å². The van der Waals surface area contributed by atoms with Gasteiger partial charge in [-0.3, -0.25) is 0 Å². The molecular formula is C21H26Cl2F3N3O2. The van der Waals surface area contributed by atoms with Crippen LogP contribution in [0.3, 0.4) is 0 Å². The predicted octanol–water partition coefficient (Wildman–Crippen LogP) is 5.28. The molecule has 0 amide bonds. The Hall–Kier alpha value is -1.61. The topological polar surface area (TPSA) is 56.3 Å². The minimum absolute atomic E-state index is 0. The highest BCUT2D eigenvalue weighted by molar-refractivity contribution is 6.29. The van der Waals surface area contributed by atoms with E-state index in [2.05, 4.69) is 21.4 Å². The Morgan fingerprint density at radius 2 is 1.74 bits per heavy atom. The molecule has 2 aliphatic rings. The molecule has 172 valence electrons. The van der Waals surface area contributed by atoms with Crippen molar-refractivity contribution in [3.63, 3.8) is 0 Å². The lowest BCUT2D eigenvalue weighted by atomic mass is 9.92. The van der Waals surface area contributed by atoms with Gasteiger partial charge in [-0.2, -0.15) is 13.2 Å². The molecule has 10 heteroatoms. The fraction of sp³-hybridized carbons (Fsp3) is 0.524. The van der Waals surface area contributed by atoms with Crippen LogP contribution in [0.2, 0.25) is 5.15 Å². The minimum Gasteiger partial charge on any atom is -0.474 e. The molecule has 31 heavy (non-hydrogen) atoms. The molecule has 0 saturated carbocycles. The van der Waals surface area contributed by atoms with E-state index in [-0.39, 0.29) is 17.6 Å². The number of pyridine rings is 2. The van der Waals surface area contributed by atoms with Gasteiger partial charge in [0.25, 0.3) is 0 Å². The van der Waals surface area contributed by atoms with E-state index in [1.54, 1.807) is 0 Å². The van der Waals surface area contributed by atoms with Crippen molar-refractivity contribution in [2.75, 3.05) is 26.3 Å². The first-order chi connectivity index (χ1) is 14.4. The van der Waals surface area contributed by atoms with Gasteiger partial charge >= 0.3 is 6.18 Å². The highest BCUT2D eigenvalue weighted by Crippen LogP contribution is 2.33. The zero-order chi connectivity index (χ0) is 21.4. The standard InChI is InChI=1S/C15H22N2O2.C6H3ClF3N.ClH/c1-2-14(12-5-10-18-11-6-12)15(17-7-1)19-13-3-8-16-9-4-13;7-5-2-1-4(3-11-5)6(8,9)10;/h1-2,7,12-13,16H,3-6,8-11H2;1-3H;1H. The summed E-state index contributed by atoms with van der Waals surface area (Å²) in [6.07, 6.45) is 2.81. The lowest BCUT2D eigenvalue weighted by molar-refractivity contribution is -0.137. The third-order valence-corrected chi connectivity index (χ3v) is 5.30. The molecule has 2 aromatic rings. The van der Waals surface area contributed by atoms with Crippen molar-refractivity contribution in [2.45, 2.75) is 43.9 Å². The number of alkyl halides is 3. The number of halogens is 5. The Labute approximate surface area is 191 Å². The van der Waals surface area contributed by atoms with Gasteiger partial charge in [-0.05, 0) is 62.9 Å². The summed E-state index contributed by atoms with van der Waals surface area (Å²) in [6, 6.07) is 6.17. The number of aromatic nitrogens is 2. The summed E-state index contributed by atoms with van der Waals surface area (Å²) in [6.45, 7) is 3.80. The van der Waals surface area contributed by atoms with Crippen molar-refractivity contribution in [3.8, 4) is 5.88 Å². The summed E-state index contributed by atoms with van der Waals surface area (Å²) in [5.41, 5.74) is 0.478. The molecule has 0 aromatic carbocycles. The van der Waals surface area contributed by atoms with Crippen molar-refractivity contribution in [2.24, 2.45) is 0 Å². The molecule has 0 bridgehead atoms. The molecule has 2 aromatic heterocycles. The van der Waals surface area contributed by atoms with E-state index in [0.717, 1.165) is 70.0 Å². The van der Waals surface area contributed by atoms with Crippen molar-refractivity contribution in [1.82, 2.24) is 15.3 Å². The first-order valence-corrected chi connectivity index (χ1v) is 10.4. The Balaban J connectivity index is 0.000000245. The zero-order valence-corrected chi connectivity index (χ0v) is 18.5. The monoisotopic (exact) mass is 479 g/mol. The second kappa shape index (κ2) is 12.4. The molecule has 4 rings (SSSR count). The molecule has 0 aliphatic carbocycles. The largest absolute Gasteiger partial charge is 0.474 e. The Bertz CT molecular complexity index is 782. The van der Waals surface area contributed by atoms with Crippen molar-refractivity contribution in [3.05, 3.63) is 52.9 Å². The first kappa shape index (κ1) is 25.6. The molecule has 2 aliphatic heterocycles. The number of hydrogen-bond donors (Lipinski definition) is 1. The van der Waals surface area contributed by atoms with Crippen LogP contribution in [0.25, 0.3) is 0 Å². The lowest BCUT2D eigenvalue weighted by Crippen LogP contribution is -2.34. The van der Waals surface area contributed by atoms with E-state index in [4.69, 9.17) is 21.1 Å². The number of hydrogen-bond acceptors (Lipinski definition) is 5. The summed E-state index contributed by atoms with van der Waals surface area (Å²) < 4.78 is 47.1. The molecular weight excluding hydrogens is 454 g/mol. The molecule has 0 atom stereocenters. The second-order valence-electron chi connectivity index (χ2n) is 7.22. The number of nitrogens with zero attached hydrogens (tertiary/aromatic N) is 2. The van der Waals surface area contributed by atoms with Gasteiger partial charge < -0.3 is 14.8 Å². The molecule has 1 N–H and O–H groups in total. The summed E-state index contributed by atoms with van der Waals surface area (Å²) in [4.78, 5) is 7.76. The van der Waals surface area contributed by atoms with Crippen LogP contribution in [-0.2, 0) is 10.9 Å². The van der Waals surface area contributed by atoms with Gasteiger partial charge in [-0.1, -0.05) is 17.7 Å². The molecule has 5 nitrogen and oxygen atoms in total. The van der Waals surface area contributed by atoms with Crippen LogP contribution in [0.4, 0.5) is 13.2 Å². The van der Waals surface area contributed by atoms with Gasteiger partial charge in [0.2, 0.25) is 5.88 Å². The van der Waals surface area contributed by atoms with E-state index >= 15 is 0 Å². The van der Waals surface area contributed by atoms with Gasteiger partial charge in [0.1, 0.15) is 11.3 Å². The van der Waals surface area contributed by atoms with Crippen LogP contribution in [0.5, 0.6) is 5.88 Å². The maximum absolute atomic E-state index is 11.8. The average molecular weight is 480 g/mol. The fourth-order valence-corrected chi connectivity index (χ4v) is 3.55. The maximum atomic E-state index is 11.8. The van der Waals surface area contributed by atoms with Crippen LogP contribution in [0.15, 0.2) is 36.7 Å². The molecule has 0 unspecified atom stereocenters. The van der Waals surface area contributed by atoms with E-state index in [0.29, 0.717) is 18.2 Å². The van der Waals surface area contributed by atoms with Gasteiger partial charge in [-0.15, -0.1) is 12.4 Å². The first-order valence-electron chi connectivity index (χ1n) is 10.0. The smallest absolute Gasteiger partial charge is 0.417 e. The van der Waals surface area contributed by atoms with Crippen LogP contribution >= 0.6 is 24.0 Å². The fourth-order valence-electron chi connectivity index (χ4n) is 3.44. The summed E-state index contributed by atoms with van der Waals surface area (Å²) >= 11 is 5.28. The summed E-state index contributed by atoms with van der Waals surface area (Å²) in [5.74, 6) is 1.39. The normalized spacial score (nSPS) is 17.8. The zero-order valence-electron chi connectivity index (χ0n) is 16.9. The quantitative estimate of drug-likeness (QED) is 0.606. The van der Waals surface area contributed by atoms with Gasteiger partial charge in [0, 0.05) is 31.2 Å². The Morgan fingerprint density at radius 3 is 2.35 bits per heavy atom. The Morgan fingerprint density at radius 1 is 1.03 bits per heavy atom. The molecule has 0 spiro atoms.